The van der Waals surface area contributed by atoms with Gasteiger partial charge in [0.15, 0.2) is 0 Å². The van der Waals surface area contributed by atoms with Crippen molar-refractivity contribution in [3.05, 3.63) is 0 Å². The lowest BCUT2D eigenvalue weighted by Crippen LogP contribution is -2.56. The van der Waals surface area contributed by atoms with Gasteiger partial charge in [-0.1, -0.05) is 0 Å². The highest BCUT2D eigenvalue weighted by Gasteiger charge is 2.47. The fourth-order valence-corrected chi connectivity index (χ4v) is 2.40. The molecule has 0 aromatic rings. The number of carbonyl (C=O) groups excluding carboxylic acids is 2. The van der Waals surface area contributed by atoms with Crippen molar-refractivity contribution in [3.63, 3.8) is 0 Å². The van der Waals surface area contributed by atoms with Gasteiger partial charge in [-0.15, -0.1) is 0 Å². The van der Waals surface area contributed by atoms with E-state index in [2.05, 4.69) is 5.32 Å². The van der Waals surface area contributed by atoms with E-state index in [0.717, 1.165) is 0 Å². The predicted molar refractivity (Wildman–Crippen MR) is 73.3 cm³/mol. The highest BCUT2D eigenvalue weighted by Crippen LogP contribution is 2.30. The van der Waals surface area contributed by atoms with E-state index in [1.54, 1.807) is 20.8 Å². The van der Waals surface area contributed by atoms with Crippen molar-refractivity contribution in [1.29, 1.82) is 0 Å². The number of likely N-dealkylation sites (tertiary alicyclic amines) is 1. The molecule has 1 rings (SSSR count). The normalized spacial score (nSPS) is 21.6. The zero-order valence-electron chi connectivity index (χ0n) is 12.3. The maximum absolute atomic E-state index is 12.4. The summed E-state index contributed by atoms with van der Waals surface area (Å²) in [6.07, 6.45) is 1.10. The SMILES string of the molecule is CCNC(=O)CN(CC)C(=O)N1CCCC1(C)C(=O)O. The second-order valence-electron chi connectivity index (χ2n) is 5.08. The van der Waals surface area contributed by atoms with Crippen LogP contribution in [0, 0.1) is 0 Å². The van der Waals surface area contributed by atoms with Crippen molar-refractivity contribution in [3.8, 4) is 0 Å². The summed E-state index contributed by atoms with van der Waals surface area (Å²) in [6, 6.07) is -0.388. The zero-order valence-corrected chi connectivity index (χ0v) is 12.3. The standard InChI is InChI=1S/C13H23N3O4/c1-4-14-10(17)9-15(5-2)12(20)16-8-6-7-13(16,3)11(18)19/h4-9H2,1-3H3,(H,14,17)(H,18,19). The summed E-state index contributed by atoms with van der Waals surface area (Å²) in [6.45, 7) is 6.36. The summed E-state index contributed by atoms with van der Waals surface area (Å²) in [7, 11) is 0. The topological polar surface area (TPSA) is 90.0 Å². The van der Waals surface area contributed by atoms with E-state index in [9.17, 15) is 19.5 Å². The van der Waals surface area contributed by atoms with Crippen molar-refractivity contribution in [2.45, 2.75) is 39.2 Å². The van der Waals surface area contributed by atoms with E-state index in [4.69, 9.17) is 0 Å². The average molecular weight is 285 g/mol. The first-order valence-electron chi connectivity index (χ1n) is 6.93. The van der Waals surface area contributed by atoms with Crippen LogP contribution in [0.2, 0.25) is 0 Å². The van der Waals surface area contributed by atoms with Crippen LogP contribution in [-0.4, -0.2) is 64.5 Å². The van der Waals surface area contributed by atoms with E-state index < -0.39 is 11.5 Å². The number of hydrogen-bond donors (Lipinski definition) is 2. The summed E-state index contributed by atoms with van der Waals surface area (Å²) < 4.78 is 0. The Morgan fingerprint density at radius 1 is 1.35 bits per heavy atom. The number of likely N-dealkylation sites (N-methyl/N-ethyl adjacent to an activating group) is 2. The Morgan fingerprint density at radius 3 is 2.50 bits per heavy atom. The Labute approximate surface area is 118 Å². The molecule has 1 saturated heterocycles. The molecule has 2 N–H and O–H groups in total. The molecule has 1 atom stereocenters. The number of nitrogens with zero attached hydrogens (tertiary/aromatic N) is 2. The molecule has 1 aliphatic rings. The summed E-state index contributed by atoms with van der Waals surface area (Å²) in [5, 5.41) is 12.0. The third kappa shape index (κ3) is 3.20. The van der Waals surface area contributed by atoms with E-state index in [1.165, 1.54) is 9.80 Å². The molecule has 20 heavy (non-hydrogen) atoms. The second-order valence-corrected chi connectivity index (χ2v) is 5.08. The Kier molecular flexibility index (Phi) is 5.35. The minimum absolute atomic E-state index is 0.0463. The van der Waals surface area contributed by atoms with Crippen LogP contribution < -0.4 is 5.32 Å². The van der Waals surface area contributed by atoms with Crippen LogP contribution in [0.5, 0.6) is 0 Å². The molecule has 0 radical (unpaired) electrons. The van der Waals surface area contributed by atoms with Crippen LogP contribution in [0.4, 0.5) is 4.79 Å². The molecule has 7 nitrogen and oxygen atoms in total. The number of nitrogens with one attached hydrogen (secondary N) is 1. The summed E-state index contributed by atoms with van der Waals surface area (Å²) in [4.78, 5) is 38.1. The average Bonchev–Trinajstić information content (AvgIpc) is 2.79. The van der Waals surface area contributed by atoms with Gasteiger partial charge in [0, 0.05) is 19.6 Å². The van der Waals surface area contributed by atoms with Crippen LogP contribution in [0.25, 0.3) is 0 Å². The lowest BCUT2D eigenvalue weighted by atomic mass is 10.00. The first kappa shape index (κ1) is 16.3. The lowest BCUT2D eigenvalue weighted by molar-refractivity contribution is -0.147. The van der Waals surface area contributed by atoms with Crippen LogP contribution in [0.15, 0.2) is 0 Å². The number of urea groups is 1. The fourth-order valence-electron chi connectivity index (χ4n) is 2.40. The van der Waals surface area contributed by atoms with Gasteiger partial charge in [-0.05, 0) is 33.6 Å². The maximum Gasteiger partial charge on any atom is 0.329 e. The van der Waals surface area contributed by atoms with Gasteiger partial charge in [-0.25, -0.2) is 9.59 Å². The molecule has 0 saturated carbocycles. The fraction of sp³-hybridized carbons (Fsp3) is 0.769. The molecule has 1 unspecified atom stereocenters. The molecular weight excluding hydrogens is 262 g/mol. The molecule has 1 fully saturated rings. The monoisotopic (exact) mass is 285 g/mol. The van der Waals surface area contributed by atoms with Gasteiger partial charge in [0.2, 0.25) is 5.91 Å². The number of hydrogen-bond acceptors (Lipinski definition) is 3. The van der Waals surface area contributed by atoms with Gasteiger partial charge in [0.1, 0.15) is 12.1 Å². The number of carboxylic acids is 1. The molecule has 1 heterocycles. The Hall–Kier alpha value is -1.79. The van der Waals surface area contributed by atoms with Crippen molar-refractivity contribution in [2.24, 2.45) is 0 Å². The number of carbonyl (C=O) groups is 3. The molecule has 0 aromatic carbocycles. The Balaban J connectivity index is 2.80. The minimum Gasteiger partial charge on any atom is -0.480 e. The van der Waals surface area contributed by atoms with Crippen LogP contribution in [0.3, 0.4) is 0 Å². The summed E-state index contributed by atoms with van der Waals surface area (Å²) in [5.41, 5.74) is -1.17. The Morgan fingerprint density at radius 2 is 2.00 bits per heavy atom. The minimum atomic E-state index is -1.17. The highest BCUT2D eigenvalue weighted by atomic mass is 16.4. The van der Waals surface area contributed by atoms with Crippen molar-refractivity contribution in [2.75, 3.05) is 26.2 Å². The predicted octanol–water partition coefficient (Wildman–Crippen LogP) is 0.504. The lowest BCUT2D eigenvalue weighted by Gasteiger charge is -2.35. The molecule has 0 aromatic heterocycles. The molecule has 114 valence electrons. The van der Waals surface area contributed by atoms with Crippen molar-refractivity contribution < 1.29 is 19.5 Å². The molecule has 1 aliphatic heterocycles. The van der Waals surface area contributed by atoms with Gasteiger partial charge in [-0.2, -0.15) is 0 Å². The van der Waals surface area contributed by atoms with E-state index in [1.807, 2.05) is 0 Å². The number of aliphatic carboxylic acids is 1. The van der Waals surface area contributed by atoms with Crippen LogP contribution >= 0.6 is 0 Å². The third-order valence-corrected chi connectivity index (χ3v) is 3.69. The summed E-state index contributed by atoms with van der Waals surface area (Å²) >= 11 is 0. The van der Waals surface area contributed by atoms with E-state index in [-0.39, 0.29) is 18.5 Å². The van der Waals surface area contributed by atoms with E-state index >= 15 is 0 Å². The molecular formula is C13H23N3O4. The highest BCUT2D eigenvalue weighted by molar-refractivity contribution is 5.89. The number of carboxylic acid groups (broad SMARTS) is 1. The van der Waals surface area contributed by atoms with Gasteiger partial charge in [0.25, 0.3) is 0 Å². The molecule has 7 heteroatoms. The number of amides is 3. The first-order valence-corrected chi connectivity index (χ1v) is 6.93. The molecule has 3 amide bonds. The van der Waals surface area contributed by atoms with Crippen LogP contribution in [-0.2, 0) is 9.59 Å². The van der Waals surface area contributed by atoms with Gasteiger partial charge in [0.05, 0.1) is 0 Å². The molecule has 0 bridgehead atoms. The van der Waals surface area contributed by atoms with Gasteiger partial charge >= 0.3 is 12.0 Å². The maximum atomic E-state index is 12.4. The smallest absolute Gasteiger partial charge is 0.329 e. The van der Waals surface area contributed by atoms with Crippen molar-refractivity contribution in [1.82, 2.24) is 15.1 Å². The second kappa shape index (κ2) is 6.58. The zero-order chi connectivity index (χ0) is 15.3. The van der Waals surface area contributed by atoms with E-state index in [0.29, 0.717) is 32.5 Å². The van der Waals surface area contributed by atoms with Crippen LogP contribution in [0.1, 0.15) is 33.6 Å². The molecule has 0 spiro atoms. The Bertz CT molecular complexity index is 399. The third-order valence-electron chi connectivity index (χ3n) is 3.69. The quantitative estimate of drug-likeness (QED) is 0.770. The summed E-state index contributed by atoms with van der Waals surface area (Å²) in [5.74, 6) is -1.24. The van der Waals surface area contributed by atoms with Gasteiger partial charge < -0.3 is 20.2 Å². The molecule has 0 aliphatic carbocycles. The largest absolute Gasteiger partial charge is 0.480 e. The van der Waals surface area contributed by atoms with Crippen molar-refractivity contribution >= 4 is 17.9 Å². The first-order chi connectivity index (χ1) is 9.36. The number of rotatable bonds is 5. The van der Waals surface area contributed by atoms with Gasteiger partial charge in [-0.3, -0.25) is 4.79 Å².